The molecule has 10 heteroatoms. The van der Waals surface area contributed by atoms with Crippen molar-refractivity contribution in [1.82, 2.24) is 20.3 Å². The maximum atomic E-state index is 13.8. The normalized spacial score (nSPS) is 16.6. The summed E-state index contributed by atoms with van der Waals surface area (Å²) in [5, 5.41) is 6.03. The third-order valence-corrected chi connectivity index (χ3v) is 5.77. The second-order valence-electron chi connectivity index (χ2n) is 6.66. The standard InChI is InChI=1S/C17H27FN4O3S.ClH/c1-13(2)16(17(23)20-9-12-22-10-7-19-8-11-22)21-26(24,25)15-6-4-3-5-14(15)18;/h3-6,13,16,19,21H,7-12H2,1-2H3,(H,20,23);1H. The Balaban J connectivity index is 0.00000364. The summed E-state index contributed by atoms with van der Waals surface area (Å²) in [6, 6.07) is 4.14. The fourth-order valence-electron chi connectivity index (χ4n) is 2.77. The third-order valence-electron chi connectivity index (χ3n) is 4.29. The van der Waals surface area contributed by atoms with Crippen LogP contribution in [0.5, 0.6) is 0 Å². The molecule has 1 aromatic carbocycles. The first-order valence-electron chi connectivity index (χ1n) is 8.79. The number of halogens is 2. The topological polar surface area (TPSA) is 90.5 Å². The van der Waals surface area contributed by atoms with E-state index >= 15 is 0 Å². The van der Waals surface area contributed by atoms with Crippen molar-refractivity contribution in [2.24, 2.45) is 5.92 Å². The lowest BCUT2D eigenvalue weighted by molar-refractivity contribution is -0.123. The van der Waals surface area contributed by atoms with E-state index in [4.69, 9.17) is 0 Å². The highest BCUT2D eigenvalue weighted by atomic mass is 35.5. The van der Waals surface area contributed by atoms with Crippen LogP contribution in [0.3, 0.4) is 0 Å². The van der Waals surface area contributed by atoms with E-state index in [0.29, 0.717) is 13.1 Å². The SMILES string of the molecule is CC(C)C(NS(=O)(=O)c1ccccc1F)C(=O)NCCN1CCNCC1.Cl. The molecule has 0 aromatic heterocycles. The number of nitrogens with zero attached hydrogens (tertiary/aromatic N) is 1. The molecule has 1 atom stereocenters. The van der Waals surface area contributed by atoms with Crippen LogP contribution in [0.1, 0.15) is 13.8 Å². The first-order valence-corrected chi connectivity index (χ1v) is 10.3. The zero-order valence-electron chi connectivity index (χ0n) is 15.6. The van der Waals surface area contributed by atoms with Gasteiger partial charge in [-0.1, -0.05) is 26.0 Å². The van der Waals surface area contributed by atoms with Crippen LogP contribution in [0.2, 0.25) is 0 Å². The summed E-state index contributed by atoms with van der Waals surface area (Å²) in [6.07, 6.45) is 0. The highest BCUT2D eigenvalue weighted by molar-refractivity contribution is 7.89. The smallest absolute Gasteiger partial charge is 0.244 e. The Morgan fingerprint density at radius 1 is 1.26 bits per heavy atom. The van der Waals surface area contributed by atoms with E-state index in [-0.39, 0.29) is 18.3 Å². The number of sulfonamides is 1. The van der Waals surface area contributed by atoms with Crippen LogP contribution < -0.4 is 15.4 Å². The predicted octanol–water partition coefficient (Wildman–Crippen LogP) is 0.572. The zero-order valence-corrected chi connectivity index (χ0v) is 17.2. The van der Waals surface area contributed by atoms with Crippen molar-refractivity contribution < 1.29 is 17.6 Å². The highest BCUT2D eigenvalue weighted by Gasteiger charge is 2.29. The minimum Gasteiger partial charge on any atom is -0.353 e. The molecule has 1 amide bonds. The minimum atomic E-state index is -4.13. The van der Waals surface area contributed by atoms with Gasteiger partial charge < -0.3 is 10.6 Å². The van der Waals surface area contributed by atoms with Crippen LogP contribution in [-0.2, 0) is 14.8 Å². The first kappa shape index (κ1) is 23.8. The number of nitrogens with one attached hydrogen (secondary N) is 3. The van der Waals surface area contributed by atoms with Crippen LogP contribution in [0.25, 0.3) is 0 Å². The fraction of sp³-hybridized carbons (Fsp3) is 0.588. The molecule has 0 saturated carbocycles. The van der Waals surface area contributed by atoms with E-state index in [1.165, 1.54) is 18.2 Å². The summed E-state index contributed by atoms with van der Waals surface area (Å²) in [7, 11) is -4.13. The number of piperazine rings is 1. The van der Waals surface area contributed by atoms with Crippen molar-refractivity contribution in [3.05, 3.63) is 30.1 Å². The van der Waals surface area contributed by atoms with Crippen molar-refractivity contribution in [1.29, 1.82) is 0 Å². The van der Waals surface area contributed by atoms with E-state index < -0.39 is 32.7 Å². The Kier molecular flexibility index (Phi) is 9.61. The van der Waals surface area contributed by atoms with E-state index in [0.717, 1.165) is 32.2 Å². The minimum absolute atomic E-state index is 0. The maximum Gasteiger partial charge on any atom is 0.244 e. The largest absolute Gasteiger partial charge is 0.353 e. The average molecular weight is 423 g/mol. The van der Waals surface area contributed by atoms with Crippen LogP contribution >= 0.6 is 12.4 Å². The number of hydrogen-bond acceptors (Lipinski definition) is 5. The number of hydrogen-bond donors (Lipinski definition) is 3. The predicted molar refractivity (Wildman–Crippen MR) is 105 cm³/mol. The molecule has 1 unspecified atom stereocenters. The molecular weight excluding hydrogens is 395 g/mol. The zero-order chi connectivity index (χ0) is 19.2. The third kappa shape index (κ3) is 7.00. The van der Waals surface area contributed by atoms with Gasteiger partial charge in [0.25, 0.3) is 0 Å². The molecule has 3 N–H and O–H groups in total. The molecule has 1 fully saturated rings. The van der Waals surface area contributed by atoms with Gasteiger partial charge in [0.2, 0.25) is 15.9 Å². The number of rotatable bonds is 8. The molecule has 154 valence electrons. The molecule has 0 radical (unpaired) electrons. The second kappa shape index (κ2) is 10.9. The number of carbonyl (C=O) groups excluding carboxylic acids is 1. The summed E-state index contributed by atoms with van der Waals surface area (Å²) in [5.41, 5.74) is 0. The summed E-state index contributed by atoms with van der Waals surface area (Å²) in [4.78, 5) is 14.2. The number of carbonyl (C=O) groups is 1. The van der Waals surface area contributed by atoms with Crippen molar-refractivity contribution in [3.63, 3.8) is 0 Å². The van der Waals surface area contributed by atoms with E-state index in [1.54, 1.807) is 13.8 Å². The van der Waals surface area contributed by atoms with Gasteiger partial charge >= 0.3 is 0 Å². The average Bonchev–Trinajstić information content (AvgIpc) is 2.60. The maximum absolute atomic E-state index is 13.8. The molecule has 0 spiro atoms. The Bertz CT molecular complexity index is 712. The molecule has 27 heavy (non-hydrogen) atoms. The first-order chi connectivity index (χ1) is 12.3. The van der Waals surface area contributed by atoms with E-state index in [9.17, 15) is 17.6 Å². The van der Waals surface area contributed by atoms with E-state index in [1.807, 2.05) is 0 Å². The molecule has 0 aliphatic carbocycles. The van der Waals surface area contributed by atoms with Gasteiger partial charge in [0.1, 0.15) is 16.8 Å². The molecule has 7 nitrogen and oxygen atoms in total. The van der Waals surface area contributed by atoms with Crippen LogP contribution in [0.15, 0.2) is 29.2 Å². The summed E-state index contributed by atoms with van der Waals surface area (Å²) in [6.45, 7) is 8.30. The van der Waals surface area contributed by atoms with Crippen LogP contribution in [0, 0.1) is 11.7 Å². The van der Waals surface area contributed by atoms with Gasteiger partial charge in [0, 0.05) is 39.3 Å². The second-order valence-corrected chi connectivity index (χ2v) is 8.34. The molecule has 1 heterocycles. The van der Waals surface area contributed by atoms with Crippen molar-refractivity contribution in [2.75, 3.05) is 39.3 Å². The molecule has 1 saturated heterocycles. The van der Waals surface area contributed by atoms with Gasteiger partial charge in [-0.15, -0.1) is 12.4 Å². The van der Waals surface area contributed by atoms with E-state index in [2.05, 4.69) is 20.3 Å². The lowest BCUT2D eigenvalue weighted by Gasteiger charge is -2.28. The van der Waals surface area contributed by atoms with Crippen molar-refractivity contribution in [3.8, 4) is 0 Å². The number of amides is 1. The molecular formula is C17H28ClFN4O3S. The van der Waals surface area contributed by atoms with Crippen molar-refractivity contribution >= 4 is 28.3 Å². The molecule has 1 aliphatic heterocycles. The van der Waals surface area contributed by atoms with Crippen LogP contribution in [0.4, 0.5) is 4.39 Å². The summed E-state index contributed by atoms with van der Waals surface area (Å²) < 4.78 is 41.0. The summed E-state index contributed by atoms with van der Waals surface area (Å²) in [5.74, 6) is -1.53. The van der Waals surface area contributed by atoms with Gasteiger partial charge in [-0.2, -0.15) is 4.72 Å². The molecule has 0 bridgehead atoms. The molecule has 1 aromatic rings. The lowest BCUT2D eigenvalue weighted by Crippen LogP contribution is -2.51. The molecule has 2 rings (SSSR count). The van der Waals surface area contributed by atoms with Gasteiger partial charge in [-0.3, -0.25) is 9.69 Å². The lowest BCUT2D eigenvalue weighted by atomic mass is 10.1. The van der Waals surface area contributed by atoms with Gasteiger partial charge in [0.15, 0.2) is 0 Å². The molecule has 1 aliphatic rings. The van der Waals surface area contributed by atoms with Gasteiger partial charge in [-0.05, 0) is 18.1 Å². The Hall–Kier alpha value is -1.26. The highest BCUT2D eigenvalue weighted by Crippen LogP contribution is 2.15. The Morgan fingerprint density at radius 2 is 1.89 bits per heavy atom. The number of benzene rings is 1. The monoisotopic (exact) mass is 422 g/mol. The van der Waals surface area contributed by atoms with Crippen molar-refractivity contribution in [2.45, 2.75) is 24.8 Å². The quantitative estimate of drug-likeness (QED) is 0.570. The summed E-state index contributed by atoms with van der Waals surface area (Å²) >= 11 is 0. The van der Waals surface area contributed by atoms with Crippen LogP contribution in [-0.4, -0.2) is 64.5 Å². The Morgan fingerprint density at radius 3 is 2.48 bits per heavy atom. The van der Waals surface area contributed by atoms with Gasteiger partial charge in [-0.25, -0.2) is 12.8 Å². The fourth-order valence-corrected chi connectivity index (χ4v) is 4.19. The Labute approximate surface area is 166 Å². The van der Waals surface area contributed by atoms with Gasteiger partial charge in [0.05, 0.1) is 0 Å².